The van der Waals surface area contributed by atoms with Crippen LogP contribution in [-0.2, 0) is 32.6 Å². The monoisotopic (exact) mass is 490 g/mol. The number of carbonyl (C=O) groups excluding carboxylic acids is 1. The summed E-state index contributed by atoms with van der Waals surface area (Å²) >= 11 is 0. The largest absolute Gasteiger partial charge is 0.465 e. The number of nitrogens with one attached hydrogen (secondary N) is 1. The highest BCUT2D eigenvalue weighted by atomic mass is 32.2. The summed E-state index contributed by atoms with van der Waals surface area (Å²) in [7, 11) is -4.27. The van der Waals surface area contributed by atoms with Crippen molar-refractivity contribution in [1.82, 2.24) is 9.62 Å². The number of ether oxygens (including phenoxy) is 1. The summed E-state index contributed by atoms with van der Waals surface area (Å²) in [5.74, 6) is -0.818. The number of carbonyl (C=O) groups is 2. The van der Waals surface area contributed by atoms with Crippen molar-refractivity contribution in [3.8, 4) is 0 Å². The number of aryl methyl sites for hydroxylation is 1. The van der Waals surface area contributed by atoms with Gasteiger partial charge in [0, 0.05) is 13.1 Å². The second-order valence-electron chi connectivity index (χ2n) is 8.01. The van der Waals surface area contributed by atoms with Crippen LogP contribution in [0.25, 0.3) is 0 Å². The number of hydrogen-bond donors (Lipinski definition) is 2. The first-order valence-corrected chi connectivity index (χ1v) is 13.1. The maximum atomic E-state index is 13.1. The molecule has 2 rings (SSSR count). The lowest BCUT2D eigenvalue weighted by molar-refractivity contribution is -0.126. The smallest absolute Gasteiger partial charge is 0.408 e. The molecule has 0 aromatic heterocycles. The Kier molecular flexibility index (Phi) is 11.7. The molecule has 0 radical (unpaired) electrons. The van der Waals surface area contributed by atoms with Crippen LogP contribution >= 0.6 is 0 Å². The lowest BCUT2D eigenvalue weighted by atomic mass is 10.1. The van der Waals surface area contributed by atoms with Gasteiger partial charge in [0.2, 0.25) is 15.4 Å². The first kappa shape index (κ1) is 27.5. The van der Waals surface area contributed by atoms with Crippen LogP contribution in [0, 0.1) is 0 Å². The third-order valence-corrected chi connectivity index (χ3v) is 6.96. The fraction of sp³-hybridized carbons (Fsp3) is 0.440. The molecule has 1 amide bonds. The molecule has 0 bridgehead atoms. The molecule has 0 spiro atoms. The van der Waals surface area contributed by atoms with Crippen LogP contribution in [0.3, 0.4) is 0 Å². The fourth-order valence-electron chi connectivity index (χ4n) is 3.51. The van der Waals surface area contributed by atoms with Crippen LogP contribution in [0.1, 0.15) is 43.7 Å². The molecule has 0 unspecified atom stereocenters. The van der Waals surface area contributed by atoms with Gasteiger partial charge in [0.05, 0.1) is 6.61 Å². The molecule has 2 aromatic rings. The Hall–Kier alpha value is -2.75. The van der Waals surface area contributed by atoms with Crippen LogP contribution in [0.5, 0.6) is 0 Å². The molecule has 2 aromatic carbocycles. The summed E-state index contributed by atoms with van der Waals surface area (Å²) in [6.45, 7) is 1.63. The highest BCUT2D eigenvalue weighted by Gasteiger charge is 2.40. The molecular formula is C25H34N2O6S. The van der Waals surface area contributed by atoms with Crippen molar-refractivity contribution < 1.29 is 27.9 Å². The first-order valence-electron chi connectivity index (χ1n) is 11.5. The Morgan fingerprint density at radius 1 is 0.971 bits per heavy atom. The molecule has 0 aliphatic rings. The van der Waals surface area contributed by atoms with Gasteiger partial charge in [0.15, 0.2) is 5.78 Å². The Labute approximate surface area is 202 Å². The van der Waals surface area contributed by atoms with E-state index in [1.165, 1.54) is 0 Å². The van der Waals surface area contributed by atoms with Gasteiger partial charge in [0.25, 0.3) is 0 Å². The summed E-state index contributed by atoms with van der Waals surface area (Å²) in [5.41, 5.74) is 1.83. The van der Waals surface area contributed by atoms with Crippen molar-refractivity contribution in [3.63, 3.8) is 0 Å². The lowest BCUT2D eigenvalue weighted by Crippen LogP contribution is -2.54. The topological polar surface area (TPSA) is 113 Å². The van der Waals surface area contributed by atoms with Crippen LogP contribution in [0.2, 0.25) is 0 Å². The van der Waals surface area contributed by atoms with Crippen LogP contribution < -0.4 is 4.72 Å². The maximum Gasteiger partial charge on any atom is 0.408 e. The van der Waals surface area contributed by atoms with E-state index >= 15 is 0 Å². The van der Waals surface area contributed by atoms with Crippen molar-refractivity contribution in [2.45, 2.75) is 51.0 Å². The minimum absolute atomic E-state index is 0.102. The predicted octanol–water partition coefficient (Wildman–Crippen LogP) is 3.82. The number of sulfonamides is 1. The molecular weight excluding hydrogens is 456 g/mol. The minimum Gasteiger partial charge on any atom is -0.465 e. The van der Waals surface area contributed by atoms with E-state index in [-0.39, 0.29) is 19.7 Å². The van der Waals surface area contributed by atoms with E-state index in [9.17, 15) is 23.1 Å². The second-order valence-corrected chi connectivity index (χ2v) is 9.83. The van der Waals surface area contributed by atoms with Crippen LogP contribution in [0.4, 0.5) is 4.79 Å². The van der Waals surface area contributed by atoms with Gasteiger partial charge in [-0.15, -0.1) is 0 Å². The Bertz CT molecular complexity index is 983. The van der Waals surface area contributed by atoms with Crippen molar-refractivity contribution in [2.75, 3.05) is 19.7 Å². The first-order chi connectivity index (χ1) is 16.3. The molecule has 2 N–H and O–H groups in total. The summed E-state index contributed by atoms with van der Waals surface area (Å²) in [5, 5.41) is 7.93. The third-order valence-electron chi connectivity index (χ3n) is 5.24. The normalized spacial score (nSPS) is 12.3. The van der Waals surface area contributed by atoms with Gasteiger partial charge in [-0.3, -0.25) is 9.69 Å². The molecule has 0 heterocycles. The Balaban J connectivity index is 2.12. The van der Waals surface area contributed by atoms with Gasteiger partial charge in [0.1, 0.15) is 6.61 Å². The van der Waals surface area contributed by atoms with Crippen LogP contribution in [-0.4, -0.2) is 55.4 Å². The number of ketones is 1. The number of benzene rings is 2. The maximum absolute atomic E-state index is 13.1. The lowest BCUT2D eigenvalue weighted by Gasteiger charge is -2.28. The third kappa shape index (κ3) is 9.24. The van der Waals surface area contributed by atoms with Crippen LogP contribution in [0.15, 0.2) is 60.7 Å². The van der Waals surface area contributed by atoms with E-state index in [4.69, 9.17) is 4.74 Å². The molecule has 9 heteroatoms. The summed E-state index contributed by atoms with van der Waals surface area (Å²) < 4.78 is 34.0. The molecule has 8 nitrogen and oxygen atoms in total. The standard InChI is InChI=1S/C25H34N2O6S/c1-2-3-10-17-26-34(31,32)24(23(28)20-33-19-22-14-8-5-9-15-22)27(25(29)30)18-11-16-21-12-6-4-7-13-21/h4-9,12-15,24,26H,2-3,10-11,16-20H2,1H3,(H,29,30)/t24-/m0/s1. The van der Waals surface area contributed by atoms with Crippen molar-refractivity contribution in [3.05, 3.63) is 71.8 Å². The number of Topliss-reactive ketones (excluding diaryl/α,β-unsaturated/α-hetero) is 1. The number of carboxylic acid groups (broad SMARTS) is 1. The SMILES string of the molecule is CCCCCNS(=O)(=O)[C@@H](C(=O)COCc1ccccc1)N(CCCc1ccccc1)C(=O)O. The minimum atomic E-state index is -4.27. The summed E-state index contributed by atoms with van der Waals surface area (Å²) in [6.07, 6.45) is 1.78. The number of nitrogens with zero attached hydrogens (tertiary/aromatic N) is 1. The molecule has 186 valence electrons. The van der Waals surface area contributed by atoms with Gasteiger partial charge < -0.3 is 9.84 Å². The Morgan fingerprint density at radius 3 is 2.18 bits per heavy atom. The van der Waals surface area contributed by atoms with E-state index in [2.05, 4.69) is 4.72 Å². The molecule has 0 aliphatic heterocycles. The molecule has 0 aliphatic carbocycles. The van der Waals surface area contributed by atoms with Crippen molar-refractivity contribution in [2.24, 2.45) is 0 Å². The quantitative estimate of drug-likeness (QED) is 0.346. The zero-order chi connectivity index (χ0) is 24.8. The van der Waals surface area contributed by atoms with Crippen molar-refractivity contribution in [1.29, 1.82) is 0 Å². The summed E-state index contributed by atoms with van der Waals surface area (Å²) in [4.78, 5) is 25.8. The zero-order valence-electron chi connectivity index (χ0n) is 19.6. The van der Waals surface area contributed by atoms with E-state index < -0.39 is 33.9 Å². The van der Waals surface area contributed by atoms with Gasteiger partial charge in [-0.25, -0.2) is 17.9 Å². The van der Waals surface area contributed by atoms with E-state index in [1.54, 1.807) is 0 Å². The number of amides is 1. The van der Waals surface area contributed by atoms with E-state index in [0.717, 1.165) is 24.0 Å². The summed E-state index contributed by atoms with van der Waals surface area (Å²) in [6, 6.07) is 18.6. The number of rotatable bonds is 16. The van der Waals surface area contributed by atoms with Gasteiger partial charge in [-0.1, -0.05) is 80.4 Å². The fourth-order valence-corrected chi connectivity index (χ4v) is 5.04. The second kappa shape index (κ2) is 14.5. The Morgan fingerprint density at radius 2 is 1.59 bits per heavy atom. The van der Waals surface area contributed by atoms with Gasteiger partial charge in [-0.05, 0) is 30.4 Å². The zero-order valence-corrected chi connectivity index (χ0v) is 20.4. The highest BCUT2D eigenvalue weighted by Crippen LogP contribution is 2.14. The number of unbranched alkanes of at least 4 members (excludes halogenated alkanes) is 2. The van der Waals surface area contributed by atoms with Gasteiger partial charge >= 0.3 is 6.09 Å². The van der Waals surface area contributed by atoms with Gasteiger partial charge in [-0.2, -0.15) is 0 Å². The average Bonchev–Trinajstić information content (AvgIpc) is 2.82. The van der Waals surface area contributed by atoms with Crippen molar-refractivity contribution >= 4 is 21.9 Å². The molecule has 0 fully saturated rings. The highest BCUT2D eigenvalue weighted by molar-refractivity contribution is 7.90. The van der Waals surface area contributed by atoms with E-state index in [1.807, 2.05) is 67.6 Å². The molecule has 1 atom stereocenters. The molecule has 0 saturated carbocycles. The molecule has 0 saturated heterocycles. The average molecular weight is 491 g/mol. The molecule has 34 heavy (non-hydrogen) atoms. The number of hydrogen-bond acceptors (Lipinski definition) is 5. The van der Waals surface area contributed by atoms with E-state index in [0.29, 0.717) is 24.2 Å². The predicted molar refractivity (Wildman–Crippen MR) is 131 cm³/mol.